The van der Waals surface area contributed by atoms with Crippen molar-refractivity contribution >= 4 is 44.8 Å². The monoisotopic (exact) mass is 343 g/mol. The van der Waals surface area contributed by atoms with E-state index in [1.165, 1.54) is 12.1 Å². The summed E-state index contributed by atoms with van der Waals surface area (Å²) in [6.07, 6.45) is 1.70. The molecule has 1 aromatic rings. The molecule has 1 atom stereocenters. The van der Waals surface area contributed by atoms with Gasteiger partial charge in [-0.05, 0) is 25.0 Å². The van der Waals surface area contributed by atoms with E-state index in [0.717, 1.165) is 12.8 Å². The molecule has 0 amide bonds. The van der Waals surface area contributed by atoms with E-state index in [1.807, 2.05) is 0 Å². The Morgan fingerprint density at radius 1 is 1.21 bits per heavy atom. The number of sulfonamides is 1. The second-order valence-electron chi connectivity index (χ2n) is 4.18. The van der Waals surface area contributed by atoms with Gasteiger partial charge in [0, 0.05) is 13.2 Å². The molecule has 1 N–H and O–H groups in total. The minimum absolute atomic E-state index is 0.0363. The van der Waals surface area contributed by atoms with Crippen LogP contribution in [-0.4, -0.2) is 27.7 Å². The van der Waals surface area contributed by atoms with Gasteiger partial charge in [-0.15, -0.1) is 0 Å². The third-order valence-electron chi connectivity index (χ3n) is 2.79. The largest absolute Gasteiger partial charge is 0.377 e. The molecule has 0 aromatic heterocycles. The van der Waals surface area contributed by atoms with Gasteiger partial charge in [0.25, 0.3) is 0 Å². The molecule has 2 rings (SSSR count). The first-order valence-corrected chi connectivity index (χ1v) is 8.27. The smallest absolute Gasteiger partial charge is 0.242 e. The molecule has 1 saturated heterocycles. The summed E-state index contributed by atoms with van der Waals surface area (Å²) in [5.41, 5.74) is 0. The van der Waals surface area contributed by atoms with Crippen molar-refractivity contribution < 1.29 is 13.2 Å². The fourth-order valence-corrected chi connectivity index (χ4v) is 3.86. The molecule has 0 saturated carbocycles. The van der Waals surface area contributed by atoms with Crippen molar-refractivity contribution in [2.45, 2.75) is 23.8 Å². The number of rotatable bonds is 4. The van der Waals surface area contributed by atoms with Gasteiger partial charge in [0.05, 0.1) is 21.2 Å². The van der Waals surface area contributed by atoms with Crippen LogP contribution in [-0.2, 0) is 14.8 Å². The second kappa shape index (κ2) is 6.16. The maximum absolute atomic E-state index is 12.1. The molecule has 1 aliphatic heterocycles. The zero-order valence-corrected chi connectivity index (χ0v) is 12.9. The van der Waals surface area contributed by atoms with E-state index in [-0.39, 0.29) is 32.6 Å². The van der Waals surface area contributed by atoms with Crippen molar-refractivity contribution in [1.29, 1.82) is 0 Å². The predicted octanol–water partition coefficient (Wildman–Crippen LogP) is 3.10. The lowest BCUT2D eigenvalue weighted by Crippen LogP contribution is -2.32. The topological polar surface area (TPSA) is 55.4 Å². The predicted molar refractivity (Wildman–Crippen MR) is 75.6 cm³/mol. The van der Waals surface area contributed by atoms with Gasteiger partial charge in [0.15, 0.2) is 0 Å². The lowest BCUT2D eigenvalue weighted by molar-refractivity contribution is 0.114. The van der Waals surface area contributed by atoms with Crippen LogP contribution in [0.5, 0.6) is 0 Å². The molecule has 8 heteroatoms. The Hall–Kier alpha value is -0.0400. The van der Waals surface area contributed by atoms with Crippen LogP contribution >= 0.6 is 34.8 Å². The SMILES string of the molecule is O=S(=O)(NC[C@@H]1CCCO1)c1cc(Cl)c(Cl)cc1Cl. The Bertz CT molecular complexity index is 571. The summed E-state index contributed by atoms with van der Waals surface area (Å²) in [5.74, 6) is 0. The van der Waals surface area contributed by atoms with Crippen LogP contribution in [0.2, 0.25) is 15.1 Å². The first kappa shape index (κ1) is 15.4. The fraction of sp³-hybridized carbons (Fsp3) is 0.455. The Kier molecular flexibility index (Phi) is 4.98. The van der Waals surface area contributed by atoms with E-state index in [9.17, 15) is 8.42 Å². The van der Waals surface area contributed by atoms with E-state index < -0.39 is 10.0 Å². The molecule has 0 aliphatic carbocycles. The van der Waals surface area contributed by atoms with Gasteiger partial charge in [-0.25, -0.2) is 13.1 Å². The molecular weight excluding hydrogens is 333 g/mol. The molecule has 0 bridgehead atoms. The van der Waals surface area contributed by atoms with Crippen LogP contribution < -0.4 is 4.72 Å². The summed E-state index contributed by atoms with van der Waals surface area (Å²) in [6.45, 7) is 0.888. The molecule has 0 unspecified atom stereocenters. The van der Waals surface area contributed by atoms with Gasteiger partial charge in [-0.3, -0.25) is 0 Å². The molecule has 0 spiro atoms. The Morgan fingerprint density at radius 2 is 1.89 bits per heavy atom. The molecule has 1 aliphatic rings. The molecule has 19 heavy (non-hydrogen) atoms. The van der Waals surface area contributed by atoms with Gasteiger partial charge in [0.2, 0.25) is 10.0 Å². The third-order valence-corrected chi connectivity index (χ3v) is 5.40. The van der Waals surface area contributed by atoms with Crippen LogP contribution in [0.1, 0.15) is 12.8 Å². The van der Waals surface area contributed by atoms with E-state index in [2.05, 4.69) is 4.72 Å². The van der Waals surface area contributed by atoms with Crippen LogP contribution in [0.15, 0.2) is 17.0 Å². The number of halogens is 3. The van der Waals surface area contributed by atoms with Crippen LogP contribution in [0.25, 0.3) is 0 Å². The standard InChI is InChI=1S/C11H12Cl3NO3S/c12-8-4-10(14)11(5-9(8)13)19(16,17)15-6-7-2-1-3-18-7/h4-5,7,15H,1-3,6H2/t7-/m0/s1. The molecule has 1 fully saturated rings. The number of hydrogen-bond acceptors (Lipinski definition) is 3. The molecule has 1 aromatic carbocycles. The maximum Gasteiger partial charge on any atom is 0.242 e. The van der Waals surface area contributed by atoms with E-state index in [4.69, 9.17) is 39.5 Å². The number of benzene rings is 1. The number of nitrogens with one attached hydrogen (secondary N) is 1. The van der Waals surface area contributed by atoms with Crippen LogP contribution in [0.4, 0.5) is 0 Å². The highest BCUT2D eigenvalue weighted by Gasteiger charge is 2.23. The average Bonchev–Trinajstić information content (AvgIpc) is 2.84. The molecule has 106 valence electrons. The summed E-state index contributed by atoms with van der Waals surface area (Å²) in [4.78, 5) is -0.0819. The van der Waals surface area contributed by atoms with Gasteiger partial charge in [-0.1, -0.05) is 34.8 Å². The molecular formula is C11H12Cl3NO3S. The highest BCUT2D eigenvalue weighted by atomic mass is 35.5. The van der Waals surface area contributed by atoms with E-state index in [0.29, 0.717) is 6.61 Å². The molecule has 1 heterocycles. The zero-order chi connectivity index (χ0) is 14.0. The highest BCUT2D eigenvalue weighted by Crippen LogP contribution is 2.31. The summed E-state index contributed by atoms with van der Waals surface area (Å²) < 4.78 is 32.1. The molecule has 0 radical (unpaired) electrons. The van der Waals surface area contributed by atoms with Crippen LogP contribution in [0, 0.1) is 0 Å². The first-order valence-electron chi connectivity index (χ1n) is 5.66. The van der Waals surface area contributed by atoms with Crippen molar-refractivity contribution in [3.8, 4) is 0 Å². The summed E-state index contributed by atoms with van der Waals surface area (Å²) in [7, 11) is -3.72. The fourth-order valence-electron chi connectivity index (χ4n) is 1.80. The zero-order valence-electron chi connectivity index (χ0n) is 9.83. The van der Waals surface area contributed by atoms with Gasteiger partial charge < -0.3 is 4.74 Å². The Balaban J connectivity index is 2.16. The quantitative estimate of drug-likeness (QED) is 0.854. The maximum atomic E-state index is 12.1. The summed E-state index contributed by atoms with van der Waals surface area (Å²) >= 11 is 17.5. The Labute approximate surface area is 127 Å². The van der Waals surface area contributed by atoms with Crippen molar-refractivity contribution in [2.75, 3.05) is 13.2 Å². The minimum atomic E-state index is -3.72. The van der Waals surface area contributed by atoms with Crippen LogP contribution in [0.3, 0.4) is 0 Å². The van der Waals surface area contributed by atoms with Gasteiger partial charge in [0.1, 0.15) is 4.90 Å². The van der Waals surface area contributed by atoms with Gasteiger partial charge >= 0.3 is 0 Å². The first-order chi connectivity index (χ1) is 8.90. The molecule has 4 nitrogen and oxygen atoms in total. The summed E-state index contributed by atoms with van der Waals surface area (Å²) in [5, 5.41) is 0.391. The summed E-state index contributed by atoms with van der Waals surface area (Å²) in [6, 6.07) is 2.55. The van der Waals surface area contributed by atoms with E-state index >= 15 is 0 Å². The minimum Gasteiger partial charge on any atom is -0.377 e. The Morgan fingerprint density at radius 3 is 2.53 bits per heavy atom. The number of hydrogen-bond donors (Lipinski definition) is 1. The average molecular weight is 345 g/mol. The normalized spacial score (nSPS) is 19.8. The van der Waals surface area contributed by atoms with Crippen molar-refractivity contribution in [3.05, 3.63) is 27.2 Å². The van der Waals surface area contributed by atoms with Crippen molar-refractivity contribution in [3.63, 3.8) is 0 Å². The lowest BCUT2D eigenvalue weighted by Gasteiger charge is -2.12. The van der Waals surface area contributed by atoms with E-state index in [1.54, 1.807) is 0 Å². The van der Waals surface area contributed by atoms with Crippen molar-refractivity contribution in [2.24, 2.45) is 0 Å². The number of ether oxygens (including phenoxy) is 1. The van der Waals surface area contributed by atoms with Gasteiger partial charge in [-0.2, -0.15) is 0 Å². The lowest BCUT2D eigenvalue weighted by atomic mass is 10.2. The second-order valence-corrected chi connectivity index (χ2v) is 7.14. The highest BCUT2D eigenvalue weighted by molar-refractivity contribution is 7.89. The van der Waals surface area contributed by atoms with Crippen molar-refractivity contribution in [1.82, 2.24) is 4.72 Å². The third kappa shape index (κ3) is 3.74.